The van der Waals surface area contributed by atoms with Crippen molar-refractivity contribution in [3.8, 4) is 17.6 Å². The number of ether oxygens (including phenoxy) is 1. The van der Waals surface area contributed by atoms with Crippen molar-refractivity contribution in [2.24, 2.45) is 11.8 Å². The number of fused-ring (bicyclic) bond motifs is 1. The highest BCUT2D eigenvalue weighted by atomic mass is 32.2. The summed E-state index contributed by atoms with van der Waals surface area (Å²) < 4.78 is 34.9. The molecule has 0 fully saturated rings. The Morgan fingerprint density at radius 2 is 2.03 bits per heavy atom. The fourth-order valence-corrected chi connectivity index (χ4v) is 5.71. The minimum absolute atomic E-state index is 0.104. The van der Waals surface area contributed by atoms with Crippen LogP contribution < -0.4 is 4.74 Å². The molecule has 2 aromatic rings. The molecule has 0 unspecified atom stereocenters. The van der Waals surface area contributed by atoms with E-state index in [0.717, 1.165) is 5.69 Å². The Balaban J connectivity index is 1.99. The zero-order valence-corrected chi connectivity index (χ0v) is 21.4. The molecule has 1 N–H and O–H groups in total. The third-order valence-electron chi connectivity index (χ3n) is 5.82. The quantitative estimate of drug-likeness (QED) is 0.634. The van der Waals surface area contributed by atoms with E-state index in [1.165, 1.54) is 4.31 Å². The molecule has 3 atom stereocenters. The second-order valence-electron chi connectivity index (χ2n) is 9.34. The van der Waals surface area contributed by atoms with Gasteiger partial charge in [-0.15, -0.1) is 0 Å². The Kier molecular flexibility index (Phi) is 8.72. The third kappa shape index (κ3) is 6.36. The lowest BCUT2D eigenvalue weighted by atomic mass is 10.0. The maximum Gasteiger partial charge on any atom is 0.247 e. The van der Waals surface area contributed by atoms with Crippen molar-refractivity contribution in [1.29, 1.82) is 0 Å². The zero-order valence-electron chi connectivity index (χ0n) is 20.6. The number of aromatic nitrogens is 1. The number of pyridine rings is 1. The molecule has 0 spiro atoms. The van der Waals surface area contributed by atoms with Gasteiger partial charge in [-0.05, 0) is 44.3 Å². The summed E-state index contributed by atoms with van der Waals surface area (Å²) in [5, 5.41) is 9.79. The fraction of sp³-hybridized carbons (Fsp3) is 0.500. The first-order valence-corrected chi connectivity index (χ1v) is 13.1. The minimum atomic E-state index is -3.86. The molecular weight excluding hydrogens is 450 g/mol. The summed E-state index contributed by atoms with van der Waals surface area (Å²) in [5.74, 6) is 6.60. The van der Waals surface area contributed by atoms with Gasteiger partial charge in [0.15, 0.2) is 0 Å². The van der Waals surface area contributed by atoms with E-state index in [9.17, 15) is 13.5 Å². The number of benzene rings is 1. The van der Waals surface area contributed by atoms with Crippen molar-refractivity contribution >= 4 is 10.0 Å². The molecule has 1 aliphatic heterocycles. The summed E-state index contributed by atoms with van der Waals surface area (Å²) in [6, 6.07) is 10.3. The van der Waals surface area contributed by atoms with Gasteiger partial charge < -0.3 is 9.84 Å². The first-order chi connectivity index (χ1) is 16.1. The summed E-state index contributed by atoms with van der Waals surface area (Å²) in [7, 11) is -1.86. The summed E-state index contributed by atoms with van der Waals surface area (Å²) in [6.45, 7) is 8.94. The van der Waals surface area contributed by atoms with Gasteiger partial charge in [-0.1, -0.05) is 38.7 Å². The predicted octanol–water partition coefficient (Wildman–Crippen LogP) is 2.99. The van der Waals surface area contributed by atoms with Crippen molar-refractivity contribution in [3.63, 3.8) is 0 Å². The number of aliphatic hydroxyl groups excluding tert-OH is 1. The SMILES string of the molecule is CC(C)C#Cc1ccc2c(c1)O[C@@H](CN(C)Cc1ccccn1)[C@@H](C)CN([C@@H](C)CO)S2(=O)=O. The topological polar surface area (TPSA) is 83.0 Å². The van der Waals surface area contributed by atoms with E-state index in [-0.39, 0.29) is 36.0 Å². The fourth-order valence-electron chi connectivity index (χ4n) is 3.89. The highest BCUT2D eigenvalue weighted by Gasteiger charge is 2.38. The van der Waals surface area contributed by atoms with Crippen molar-refractivity contribution in [3.05, 3.63) is 53.9 Å². The first-order valence-electron chi connectivity index (χ1n) is 11.6. The van der Waals surface area contributed by atoms with Gasteiger partial charge in [0.2, 0.25) is 10.0 Å². The van der Waals surface area contributed by atoms with Crippen LogP contribution in [0.1, 0.15) is 39.0 Å². The van der Waals surface area contributed by atoms with E-state index in [4.69, 9.17) is 4.74 Å². The molecule has 34 heavy (non-hydrogen) atoms. The van der Waals surface area contributed by atoms with Crippen LogP contribution >= 0.6 is 0 Å². The second kappa shape index (κ2) is 11.3. The summed E-state index contributed by atoms with van der Waals surface area (Å²) in [5.41, 5.74) is 1.66. The molecule has 3 rings (SSSR count). The normalized spacial score (nSPS) is 21.1. The Morgan fingerprint density at radius 3 is 2.68 bits per heavy atom. The Morgan fingerprint density at radius 1 is 1.26 bits per heavy atom. The van der Waals surface area contributed by atoms with E-state index in [0.29, 0.717) is 24.4 Å². The smallest absolute Gasteiger partial charge is 0.247 e. The largest absolute Gasteiger partial charge is 0.487 e. The molecule has 0 saturated heterocycles. The molecule has 0 bridgehead atoms. The monoisotopic (exact) mass is 485 g/mol. The van der Waals surface area contributed by atoms with Gasteiger partial charge >= 0.3 is 0 Å². The molecule has 0 amide bonds. The molecule has 0 aliphatic carbocycles. The van der Waals surface area contributed by atoms with Crippen molar-refractivity contribution < 1.29 is 18.3 Å². The van der Waals surface area contributed by atoms with Gasteiger partial charge in [0.1, 0.15) is 16.7 Å². The van der Waals surface area contributed by atoms with Crippen LogP contribution in [-0.2, 0) is 16.6 Å². The highest BCUT2D eigenvalue weighted by Crippen LogP contribution is 2.34. The van der Waals surface area contributed by atoms with Gasteiger partial charge in [0.25, 0.3) is 0 Å². The van der Waals surface area contributed by atoms with Crippen LogP contribution in [0.4, 0.5) is 0 Å². The van der Waals surface area contributed by atoms with E-state index in [1.807, 2.05) is 46.0 Å². The number of sulfonamides is 1. The molecule has 1 aromatic carbocycles. The van der Waals surface area contributed by atoms with Crippen molar-refractivity contribution in [1.82, 2.24) is 14.2 Å². The highest BCUT2D eigenvalue weighted by molar-refractivity contribution is 7.89. The molecule has 1 aliphatic rings. The average Bonchev–Trinajstić information content (AvgIpc) is 2.80. The average molecular weight is 486 g/mol. The van der Waals surface area contributed by atoms with Crippen LogP contribution in [0.3, 0.4) is 0 Å². The number of hydrogen-bond donors (Lipinski definition) is 1. The van der Waals surface area contributed by atoms with Gasteiger partial charge in [0.05, 0.1) is 12.3 Å². The predicted molar refractivity (Wildman–Crippen MR) is 133 cm³/mol. The zero-order chi connectivity index (χ0) is 24.9. The van der Waals surface area contributed by atoms with E-state index >= 15 is 0 Å². The molecule has 1 aromatic heterocycles. The van der Waals surface area contributed by atoms with Crippen LogP contribution in [0.15, 0.2) is 47.5 Å². The maximum absolute atomic E-state index is 13.6. The molecule has 0 radical (unpaired) electrons. The summed E-state index contributed by atoms with van der Waals surface area (Å²) in [4.78, 5) is 6.63. The van der Waals surface area contributed by atoms with Crippen LogP contribution in [0.25, 0.3) is 0 Å². The third-order valence-corrected chi connectivity index (χ3v) is 7.84. The Bertz CT molecular complexity index is 1130. The lowest BCUT2D eigenvalue weighted by molar-refractivity contribution is 0.0730. The van der Waals surface area contributed by atoms with E-state index in [1.54, 1.807) is 31.3 Å². The Hall–Kier alpha value is -2.44. The minimum Gasteiger partial charge on any atom is -0.487 e. The lowest BCUT2D eigenvalue weighted by Gasteiger charge is -2.37. The molecule has 7 nitrogen and oxygen atoms in total. The van der Waals surface area contributed by atoms with Gasteiger partial charge in [-0.25, -0.2) is 8.42 Å². The molecule has 2 heterocycles. The number of likely N-dealkylation sites (N-methyl/N-ethyl adjacent to an activating group) is 1. The molecule has 184 valence electrons. The molecular formula is C26H35N3O4S. The summed E-state index contributed by atoms with van der Waals surface area (Å²) in [6.07, 6.45) is 1.50. The first kappa shape index (κ1) is 26.2. The summed E-state index contributed by atoms with van der Waals surface area (Å²) >= 11 is 0. The number of aliphatic hydroxyl groups is 1. The number of rotatable bonds is 6. The second-order valence-corrected chi connectivity index (χ2v) is 11.2. The van der Waals surface area contributed by atoms with Gasteiger partial charge in [-0.2, -0.15) is 4.31 Å². The van der Waals surface area contributed by atoms with E-state index in [2.05, 4.69) is 21.7 Å². The van der Waals surface area contributed by atoms with Crippen molar-refractivity contribution in [2.45, 2.75) is 51.3 Å². The molecule has 8 heteroatoms. The number of hydrogen-bond acceptors (Lipinski definition) is 6. The van der Waals surface area contributed by atoms with Gasteiger partial charge in [-0.3, -0.25) is 9.88 Å². The lowest BCUT2D eigenvalue weighted by Crippen LogP contribution is -2.49. The van der Waals surface area contributed by atoms with Crippen molar-refractivity contribution in [2.75, 3.05) is 26.7 Å². The van der Waals surface area contributed by atoms with E-state index < -0.39 is 16.1 Å². The van der Waals surface area contributed by atoms with Crippen LogP contribution in [-0.4, -0.2) is 66.6 Å². The van der Waals surface area contributed by atoms with Crippen LogP contribution in [0.2, 0.25) is 0 Å². The number of nitrogens with zero attached hydrogens (tertiary/aromatic N) is 3. The Labute approximate surface area is 203 Å². The standard InChI is InChI=1S/C26H35N3O4S/c1-19(2)9-10-22-11-12-26-24(14-22)33-25(17-28(5)16-23-8-6-7-13-27-23)20(3)15-29(21(4)18-30)34(26,31)32/h6-8,11-14,19-21,25,30H,15-18H2,1-5H3/t20-,21-,25-/m0/s1. The maximum atomic E-state index is 13.6. The van der Waals surface area contributed by atoms with Gasteiger partial charge in [0, 0.05) is 49.3 Å². The van der Waals surface area contributed by atoms with Crippen LogP contribution in [0, 0.1) is 23.7 Å². The van der Waals surface area contributed by atoms with Crippen LogP contribution in [0.5, 0.6) is 5.75 Å². The molecule has 0 saturated carbocycles.